The molecule has 2 heterocycles. The molecule has 5 rings (SSSR count). The molecule has 2 aromatic heterocycles. The first kappa shape index (κ1) is 23.2. The minimum absolute atomic E-state index is 0.0121. The monoisotopic (exact) mass is 471 g/mol. The SMILES string of the molecule is CCC(C)c1nn(CC2CCCCC2)c(=O)n1Cc1ccc(-c2ccccc2-c2nnn[nH]2)cc1. The van der Waals surface area contributed by atoms with Crippen LogP contribution in [0.2, 0.25) is 0 Å². The number of benzene rings is 2. The van der Waals surface area contributed by atoms with E-state index in [2.05, 4.69) is 64.8 Å². The fraction of sp³-hybridized carbons (Fsp3) is 0.444. The van der Waals surface area contributed by atoms with Gasteiger partial charge in [-0.15, -0.1) is 5.10 Å². The van der Waals surface area contributed by atoms with Crippen LogP contribution >= 0.6 is 0 Å². The number of rotatable bonds is 8. The summed E-state index contributed by atoms with van der Waals surface area (Å²) in [6, 6.07) is 16.4. The summed E-state index contributed by atoms with van der Waals surface area (Å²) in [5.74, 6) is 2.32. The standard InChI is InChI=1S/C27H33N7O/c1-3-19(2)26-30-34(18-20-9-5-4-6-10-20)27(35)33(26)17-21-13-15-22(16-14-21)23-11-7-8-12-24(23)25-28-31-32-29-25/h7-8,11-16,19-20H,3-6,9-10,17-18H2,1-2H3,(H,28,29,31,32). The molecule has 35 heavy (non-hydrogen) atoms. The molecule has 0 radical (unpaired) electrons. The van der Waals surface area contributed by atoms with Gasteiger partial charge in [-0.1, -0.05) is 81.6 Å². The third kappa shape index (κ3) is 4.97. The van der Waals surface area contributed by atoms with Crippen molar-refractivity contribution in [2.24, 2.45) is 5.92 Å². The van der Waals surface area contributed by atoms with Gasteiger partial charge in [-0.2, -0.15) is 5.10 Å². The molecule has 4 aromatic rings. The molecule has 0 saturated heterocycles. The Hall–Kier alpha value is -3.55. The zero-order chi connectivity index (χ0) is 24.2. The van der Waals surface area contributed by atoms with Crippen LogP contribution in [0, 0.1) is 5.92 Å². The molecular formula is C27H33N7O. The number of hydrogen-bond donors (Lipinski definition) is 1. The van der Waals surface area contributed by atoms with E-state index in [4.69, 9.17) is 5.10 Å². The lowest BCUT2D eigenvalue weighted by Crippen LogP contribution is -2.29. The summed E-state index contributed by atoms with van der Waals surface area (Å²) >= 11 is 0. The molecule has 0 aliphatic heterocycles. The van der Waals surface area contributed by atoms with Crippen molar-refractivity contribution in [2.75, 3.05) is 0 Å². The maximum atomic E-state index is 13.4. The van der Waals surface area contributed by atoms with Gasteiger partial charge in [0, 0.05) is 18.0 Å². The van der Waals surface area contributed by atoms with Gasteiger partial charge in [0.2, 0.25) is 0 Å². The normalized spacial score (nSPS) is 15.4. The highest BCUT2D eigenvalue weighted by atomic mass is 16.2. The number of tetrazole rings is 1. The van der Waals surface area contributed by atoms with Gasteiger partial charge < -0.3 is 0 Å². The second-order valence-electron chi connectivity index (χ2n) is 9.71. The Bertz CT molecular complexity index is 1300. The average Bonchev–Trinajstić information content (AvgIpc) is 3.54. The molecule has 8 heteroatoms. The van der Waals surface area contributed by atoms with Crippen LogP contribution < -0.4 is 5.69 Å². The Morgan fingerprint density at radius 2 is 1.77 bits per heavy atom. The predicted molar refractivity (Wildman–Crippen MR) is 136 cm³/mol. The quantitative estimate of drug-likeness (QED) is 0.389. The van der Waals surface area contributed by atoms with Crippen LogP contribution in [0.25, 0.3) is 22.5 Å². The summed E-state index contributed by atoms with van der Waals surface area (Å²) < 4.78 is 3.60. The van der Waals surface area contributed by atoms with E-state index >= 15 is 0 Å². The smallest absolute Gasteiger partial charge is 0.274 e. The molecule has 1 fully saturated rings. The summed E-state index contributed by atoms with van der Waals surface area (Å²) in [6.45, 7) is 5.57. The minimum atomic E-state index is 0.0121. The van der Waals surface area contributed by atoms with E-state index in [-0.39, 0.29) is 11.6 Å². The predicted octanol–water partition coefficient (Wildman–Crippen LogP) is 5.03. The summed E-state index contributed by atoms with van der Waals surface area (Å²) in [7, 11) is 0. The molecule has 1 unspecified atom stereocenters. The molecular weight excluding hydrogens is 438 g/mol. The van der Waals surface area contributed by atoms with Gasteiger partial charge in [0.05, 0.1) is 6.54 Å². The van der Waals surface area contributed by atoms with Crippen LogP contribution in [0.4, 0.5) is 0 Å². The van der Waals surface area contributed by atoms with E-state index in [1.807, 2.05) is 22.8 Å². The zero-order valence-electron chi connectivity index (χ0n) is 20.5. The summed E-state index contributed by atoms with van der Waals surface area (Å²) in [5, 5.41) is 19.2. The second-order valence-corrected chi connectivity index (χ2v) is 9.71. The van der Waals surface area contributed by atoms with Crippen molar-refractivity contribution in [3.63, 3.8) is 0 Å². The Morgan fingerprint density at radius 1 is 1.03 bits per heavy atom. The van der Waals surface area contributed by atoms with Gasteiger partial charge in [0.25, 0.3) is 0 Å². The third-order valence-electron chi connectivity index (χ3n) is 7.29. The van der Waals surface area contributed by atoms with Crippen LogP contribution in [-0.4, -0.2) is 35.0 Å². The first-order valence-electron chi connectivity index (χ1n) is 12.7. The van der Waals surface area contributed by atoms with Crippen molar-refractivity contribution in [1.82, 2.24) is 35.0 Å². The molecule has 182 valence electrons. The number of aromatic nitrogens is 7. The molecule has 1 aliphatic carbocycles. The van der Waals surface area contributed by atoms with Crippen LogP contribution in [0.3, 0.4) is 0 Å². The molecule has 0 bridgehead atoms. The minimum Gasteiger partial charge on any atom is -0.274 e. The van der Waals surface area contributed by atoms with Gasteiger partial charge in [-0.05, 0) is 52.3 Å². The average molecular weight is 472 g/mol. The lowest BCUT2D eigenvalue weighted by molar-refractivity contribution is 0.303. The Kier molecular flexibility index (Phi) is 6.88. The van der Waals surface area contributed by atoms with Crippen LogP contribution in [0.1, 0.15) is 69.7 Å². The first-order valence-corrected chi connectivity index (χ1v) is 12.7. The van der Waals surface area contributed by atoms with Crippen molar-refractivity contribution in [2.45, 2.75) is 71.4 Å². The largest absolute Gasteiger partial charge is 0.346 e. The molecule has 1 saturated carbocycles. The van der Waals surface area contributed by atoms with Crippen molar-refractivity contribution in [3.8, 4) is 22.5 Å². The highest BCUT2D eigenvalue weighted by Crippen LogP contribution is 2.30. The van der Waals surface area contributed by atoms with Crippen molar-refractivity contribution >= 4 is 0 Å². The van der Waals surface area contributed by atoms with Crippen LogP contribution in [0.15, 0.2) is 53.3 Å². The summed E-state index contributed by atoms with van der Waals surface area (Å²) in [6.07, 6.45) is 7.19. The van der Waals surface area contributed by atoms with Crippen molar-refractivity contribution in [1.29, 1.82) is 0 Å². The maximum absolute atomic E-state index is 13.4. The Labute approximate surface area is 205 Å². The number of H-pyrrole nitrogens is 1. The molecule has 8 nitrogen and oxygen atoms in total. The van der Waals surface area contributed by atoms with Crippen LogP contribution in [-0.2, 0) is 13.1 Å². The topological polar surface area (TPSA) is 94.3 Å². The van der Waals surface area contributed by atoms with E-state index in [9.17, 15) is 4.79 Å². The van der Waals surface area contributed by atoms with Crippen LogP contribution in [0.5, 0.6) is 0 Å². The van der Waals surface area contributed by atoms with E-state index in [1.54, 1.807) is 4.68 Å². The fourth-order valence-corrected chi connectivity index (χ4v) is 5.07. The van der Waals surface area contributed by atoms with Gasteiger partial charge in [0.1, 0.15) is 5.82 Å². The lowest BCUT2D eigenvalue weighted by Gasteiger charge is -2.20. The molecule has 0 spiro atoms. The first-order chi connectivity index (χ1) is 17.1. The lowest BCUT2D eigenvalue weighted by atomic mass is 9.89. The highest BCUT2D eigenvalue weighted by Gasteiger charge is 2.21. The summed E-state index contributed by atoms with van der Waals surface area (Å²) in [5.41, 5.74) is 4.16. The van der Waals surface area contributed by atoms with E-state index in [1.165, 1.54) is 32.1 Å². The number of hydrogen-bond acceptors (Lipinski definition) is 5. The second kappa shape index (κ2) is 10.4. The molecule has 1 aliphatic rings. The molecule has 1 N–H and O–H groups in total. The van der Waals surface area contributed by atoms with Crippen molar-refractivity contribution < 1.29 is 0 Å². The summed E-state index contributed by atoms with van der Waals surface area (Å²) in [4.78, 5) is 13.4. The maximum Gasteiger partial charge on any atom is 0.346 e. The van der Waals surface area contributed by atoms with E-state index in [0.29, 0.717) is 18.3 Å². The highest BCUT2D eigenvalue weighted by molar-refractivity contribution is 5.80. The van der Waals surface area contributed by atoms with E-state index < -0.39 is 0 Å². The van der Waals surface area contributed by atoms with Crippen molar-refractivity contribution in [3.05, 3.63) is 70.4 Å². The Morgan fingerprint density at radius 3 is 2.46 bits per heavy atom. The third-order valence-corrected chi connectivity index (χ3v) is 7.29. The molecule has 1 atom stereocenters. The number of nitrogens with one attached hydrogen (secondary N) is 1. The van der Waals surface area contributed by atoms with Gasteiger partial charge in [-0.3, -0.25) is 4.57 Å². The van der Waals surface area contributed by atoms with E-state index in [0.717, 1.165) is 41.0 Å². The number of nitrogens with zero attached hydrogens (tertiary/aromatic N) is 6. The molecule has 0 amide bonds. The van der Waals surface area contributed by atoms with Gasteiger partial charge >= 0.3 is 5.69 Å². The van der Waals surface area contributed by atoms with Gasteiger partial charge in [-0.25, -0.2) is 14.6 Å². The van der Waals surface area contributed by atoms with Gasteiger partial charge in [0.15, 0.2) is 5.82 Å². The number of aromatic amines is 1. The fourth-order valence-electron chi connectivity index (χ4n) is 5.07. The Balaban J connectivity index is 1.41. The molecule has 2 aromatic carbocycles. The zero-order valence-corrected chi connectivity index (χ0v) is 20.5.